The third-order valence-corrected chi connectivity index (χ3v) is 7.31. The summed E-state index contributed by atoms with van der Waals surface area (Å²) in [7, 11) is 0. The number of hydrogen-bond donors (Lipinski definition) is 1. The number of hydrogen-bond acceptors (Lipinski definition) is 8. The number of aromatic nitrogens is 5. The summed E-state index contributed by atoms with van der Waals surface area (Å²) in [5, 5.41) is 13.8. The van der Waals surface area contributed by atoms with Crippen LogP contribution in [0.4, 0.5) is 0 Å². The maximum atomic E-state index is 13.5. The summed E-state index contributed by atoms with van der Waals surface area (Å²) >= 11 is 0. The number of benzene rings is 2. The summed E-state index contributed by atoms with van der Waals surface area (Å²) in [6, 6.07) is 13.9. The summed E-state index contributed by atoms with van der Waals surface area (Å²) in [6.45, 7) is 12.6. The smallest absolute Gasteiger partial charge is 0.253 e. The van der Waals surface area contributed by atoms with Crippen molar-refractivity contribution in [1.29, 1.82) is 0 Å². The molecule has 1 fully saturated rings. The van der Waals surface area contributed by atoms with Crippen molar-refractivity contribution in [3.05, 3.63) is 75.3 Å². The predicted octanol–water partition coefficient (Wildman–Crippen LogP) is 3.21. The van der Waals surface area contributed by atoms with E-state index in [1.807, 2.05) is 29.8 Å². The molecule has 0 bridgehead atoms. The Bertz CT molecular complexity index is 1530. The number of pyridine rings is 1. The van der Waals surface area contributed by atoms with Crippen molar-refractivity contribution in [2.24, 2.45) is 0 Å². The Morgan fingerprint density at radius 2 is 1.79 bits per heavy atom. The van der Waals surface area contributed by atoms with Gasteiger partial charge in [-0.15, -0.1) is 5.10 Å². The number of H-pyrrole nitrogens is 1. The Kier molecular flexibility index (Phi) is 6.16. The van der Waals surface area contributed by atoms with Crippen LogP contribution in [0, 0.1) is 6.92 Å². The summed E-state index contributed by atoms with van der Waals surface area (Å²) in [4.78, 5) is 21.3. The van der Waals surface area contributed by atoms with Gasteiger partial charge in [0.25, 0.3) is 5.56 Å². The molecule has 1 unspecified atom stereocenters. The molecule has 4 aromatic rings. The minimum absolute atomic E-state index is 0.112. The lowest BCUT2D eigenvalue weighted by atomic mass is 10.0. The summed E-state index contributed by atoms with van der Waals surface area (Å²) in [5.41, 5.74) is 3.34. The fraction of sp³-hybridized carbons (Fsp3) is 0.429. The normalized spacial score (nSPS) is 17.3. The molecular weight excluding hydrogens is 482 g/mol. The van der Waals surface area contributed by atoms with E-state index in [2.05, 4.69) is 75.3 Å². The molecule has 1 atom stereocenters. The Balaban J connectivity index is 1.30. The fourth-order valence-electron chi connectivity index (χ4n) is 5.35. The van der Waals surface area contributed by atoms with Crippen molar-refractivity contribution in [1.82, 2.24) is 35.0 Å². The molecule has 10 heteroatoms. The van der Waals surface area contributed by atoms with Gasteiger partial charge in [-0.2, -0.15) is 0 Å². The quantitative estimate of drug-likeness (QED) is 0.432. The largest absolute Gasteiger partial charge is 0.454 e. The van der Waals surface area contributed by atoms with Crippen LogP contribution in [0.15, 0.2) is 47.3 Å². The maximum absolute atomic E-state index is 13.5. The number of aromatic amines is 1. The standard InChI is InChI=1S/C28H33N7O3/c1-18-5-7-20-15-21(27(36)29-22(20)13-18)25(26-30-31-32-35(26)28(2,3)4)34-11-9-33(10-12-34)16-19-6-8-23-24(14-19)38-17-37-23/h5-8,13-15,25H,9-12,16-17H2,1-4H3,(H,29,36). The number of rotatable bonds is 5. The van der Waals surface area contributed by atoms with Crippen molar-refractivity contribution in [2.75, 3.05) is 33.0 Å². The Labute approximate surface area is 221 Å². The summed E-state index contributed by atoms with van der Waals surface area (Å²) < 4.78 is 12.8. The highest BCUT2D eigenvalue weighted by molar-refractivity contribution is 5.79. The lowest BCUT2D eigenvalue weighted by molar-refractivity contribution is 0.0975. The minimum Gasteiger partial charge on any atom is -0.454 e. The van der Waals surface area contributed by atoms with Gasteiger partial charge in [-0.1, -0.05) is 18.2 Å². The average Bonchev–Trinajstić information content (AvgIpc) is 3.55. The SMILES string of the molecule is Cc1ccc2cc(C(c3nnnn3C(C)(C)C)N3CCN(Cc4ccc5c(c4)OCO5)CC3)c(=O)[nH]c2c1. The predicted molar refractivity (Wildman–Crippen MR) is 143 cm³/mol. The molecule has 0 spiro atoms. The lowest BCUT2D eigenvalue weighted by Crippen LogP contribution is -2.49. The van der Waals surface area contributed by atoms with Crippen LogP contribution >= 0.6 is 0 Å². The van der Waals surface area contributed by atoms with Gasteiger partial charge >= 0.3 is 0 Å². The molecule has 10 nitrogen and oxygen atoms in total. The van der Waals surface area contributed by atoms with Gasteiger partial charge in [0.15, 0.2) is 17.3 Å². The zero-order valence-corrected chi connectivity index (χ0v) is 22.3. The highest BCUT2D eigenvalue weighted by atomic mass is 16.7. The molecule has 2 aliphatic heterocycles. The van der Waals surface area contributed by atoms with Gasteiger partial charge in [-0.25, -0.2) is 4.68 Å². The van der Waals surface area contributed by atoms with E-state index in [0.29, 0.717) is 11.4 Å². The van der Waals surface area contributed by atoms with E-state index < -0.39 is 0 Å². The molecule has 0 aliphatic carbocycles. The van der Waals surface area contributed by atoms with E-state index in [1.54, 1.807) is 0 Å². The van der Waals surface area contributed by atoms with Crippen molar-refractivity contribution in [3.63, 3.8) is 0 Å². The van der Waals surface area contributed by atoms with Crippen LogP contribution in [-0.2, 0) is 12.1 Å². The van der Waals surface area contributed by atoms with Crippen molar-refractivity contribution in [3.8, 4) is 11.5 Å². The van der Waals surface area contributed by atoms with Crippen LogP contribution in [-0.4, -0.2) is 68.0 Å². The number of aryl methyl sites for hydroxylation is 1. The number of nitrogens with one attached hydrogen (secondary N) is 1. The molecule has 1 N–H and O–H groups in total. The molecule has 0 amide bonds. The van der Waals surface area contributed by atoms with Crippen LogP contribution in [0.3, 0.4) is 0 Å². The van der Waals surface area contributed by atoms with E-state index in [-0.39, 0.29) is 23.9 Å². The van der Waals surface area contributed by atoms with Crippen LogP contribution in [0.1, 0.15) is 49.3 Å². The minimum atomic E-state index is -0.369. The Morgan fingerprint density at radius 3 is 2.58 bits per heavy atom. The molecule has 198 valence electrons. The molecule has 2 aromatic carbocycles. The molecule has 6 rings (SSSR count). The molecular formula is C28H33N7O3. The van der Waals surface area contributed by atoms with E-state index >= 15 is 0 Å². The molecule has 1 saturated heterocycles. The monoisotopic (exact) mass is 515 g/mol. The summed E-state index contributed by atoms with van der Waals surface area (Å²) in [6.07, 6.45) is 0. The number of fused-ring (bicyclic) bond motifs is 2. The third-order valence-electron chi connectivity index (χ3n) is 7.31. The lowest BCUT2D eigenvalue weighted by Gasteiger charge is -2.39. The molecule has 0 saturated carbocycles. The van der Waals surface area contributed by atoms with Crippen LogP contribution < -0.4 is 15.0 Å². The van der Waals surface area contributed by atoms with Gasteiger partial charge in [-0.05, 0) is 78.9 Å². The average molecular weight is 516 g/mol. The van der Waals surface area contributed by atoms with Crippen LogP contribution in [0.5, 0.6) is 11.5 Å². The highest BCUT2D eigenvalue weighted by Crippen LogP contribution is 2.34. The maximum Gasteiger partial charge on any atom is 0.253 e. The molecule has 0 radical (unpaired) electrons. The molecule has 2 aliphatic rings. The van der Waals surface area contributed by atoms with E-state index in [9.17, 15) is 4.79 Å². The van der Waals surface area contributed by atoms with Crippen LogP contribution in [0.2, 0.25) is 0 Å². The Morgan fingerprint density at radius 1 is 1.00 bits per heavy atom. The van der Waals surface area contributed by atoms with Gasteiger partial charge < -0.3 is 14.5 Å². The zero-order chi connectivity index (χ0) is 26.4. The number of ether oxygens (including phenoxy) is 2. The fourth-order valence-corrected chi connectivity index (χ4v) is 5.35. The number of piperazine rings is 1. The second-order valence-electron chi connectivity index (χ2n) is 11.2. The number of tetrazole rings is 1. The second kappa shape index (κ2) is 9.52. The first kappa shape index (κ1) is 24.6. The van der Waals surface area contributed by atoms with Gasteiger partial charge in [0.2, 0.25) is 6.79 Å². The van der Waals surface area contributed by atoms with E-state index in [4.69, 9.17) is 9.47 Å². The molecule has 4 heterocycles. The van der Waals surface area contributed by atoms with Gasteiger partial charge in [-0.3, -0.25) is 14.6 Å². The van der Waals surface area contributed by atoms with Gasteiger partial charge in [0.05, 0.1) is 5.54 Å². The first-order valence-corrected chi connectivity index (χ1v) is 13.0. The topological polar surface area (TPSA) is 101 Å². The first-order chi connectivity index (χ1) is 18.3. The van der Waals surface area contributed by atoms with Crippen LogP contribution in [0.25, 0.3) is 10.9 Å². The first-order valence-electron chi connectivity index (χ1n) is 13.0. The Hall–Kier alpha value is -3.76. The molecule has 2 aromatic heterocycles. The highest BCUT2D eigenvalue weighted by Gasteiger charge is 2.35. The second-order valence-corrected chi connectivity index (χ2v) is 11.2. The van der Waals surface area contributed by atoms with Crippen molar-refractivity contribution >= 4 is 10.9 Å². The van der Waals surface area contributed by atoms with Gasteiger partial charge in [0.1, 0.15) is 6.04 Å². The van der Waals surface area contributed by atoms with Crippen molar-refractivity contribution < 1.29 is 9.47 Å². The summed E-state index contributed by atoms with van der Waals surface area (Å²) in [5.74, 6) is 2.29. The third kappa shape index (κ3) is 4.65. The van der Waals surface area contributed by atoms with E-state index in [1.165, 1.54) is 5.56 Å². The van der Waals surface area contributed by atoms with E-state index in [0.717, 1.165) is 60.7 Å². The van der Waals surface area contributed by atoms with Crippen molar-refractivity contribution in [2.45, 2.75) is 45.8 Å². The zero-order valence-electron chi connectivity index (χ0n) is 22.3. The van der Waals surface area contributed by atoms with Gasteiger partial charge in [0, 0.05) is 43.8 Å². The number of nitrogens with zero attached hydrogens (tertiary/aromatic N) is 6. The molecule has 38 heavy (non-hydrogen) atoms.